The highest BCUT2D eigenvalue weighted by Gasteiger charge is 2.30. The molecule has 0 amide bonds. The van der Waals surface area contributed by atoms with Crippen molar-refractivity contribution in [2.75, 3.05) is 6.61 Å². The van der Waals surface area contributed by atoms with Crippen LogP contribution in [0.3, 0.4) is 0 Å². The maximum atomic E-state index is 14.8. The summed E-state index contributed by atoms with van der Waals surface area (Å²) in [6, 6.07) is 20.8. The zero-order valence-corrected chi connectivity index (χ0v) is 21.5. The van der Waals surface area contributed by atoms with Crippen molar-refractivity contribution >= 4 is 0 Å². The van der Waals surface area contributed by atoms with Gasteiger partial charge in [0.2, 0.25) is 5.82 Å². The van der Waals surface area contributed by atoms with Crippen molar-refractivity contribution in [3.63, 3.8) is 0 Å². The van der Waals surface area contributed by atoms with E-state index in [0.29, 0.717) is 11.5 Å². The Labute approximate surface area is 214 Å². The minimum atomic E-state index is -0.945. The Morgan fingerprint density at radius 3 is 2.19 bits per heavy atom. The summed E-state index contributed by atoms with van der Waals surface area (Å²) in [5.74, 6) is 0.225. The van der Waals surface area contributed by atoms with Gasteiger partial charge in [0.1, 0.15) is 11.9 Å². The average Bonchev–Trinajstić information content (AvgIpc) is 2.92. The molecule has 1 unspecified atom stereocenters. The lowest BCUT2D eigenvalue weighted by Gasteiger charge is -2.34. The minimum absolute atomic E-state index is 0.0583. The van der Waals surface area contributed by atoms with E-state index in [1.807, 2.05) is 54.6 Å². The maximum Gasteiger partial charge on any atom is 0.201 e. The standard InChI is InChI=1S/C32H38F2O2/c1-3-5-7-10-23-13-15-25(16-14-23)32(36-27-11-8-6-9-12-27)26-19-17-24(18-20-26)28-21-22-29(35-4-2)31(34)30(28)33/h6,8-9,11-12,17-23,25,32H,3-5,7,10,13-16H2,1-2H3. The monoisotopic (exact) mass is 492 g/mol. The highest BCUT2D eigenvalue weighted by molar-refractivity contribution is 5.65. The first kappa shape index (κ1) is 26.2. The Morgan fingerprint density at radius 1 is 0.806 bits per heavy atom. The van der Waals surface area contributed by atoms with Crippen LogP contribution >= 0.6 is 0 Å². The van der Waals surface area contributed by atoms with Gasteiger partial charge >= 0.3 is 0 Å². The van der Waals surface area contributed by atoms with Crippen LogP contribution in [0.2, 0.25) is 0 Å². The SMILES string of the molecule is CCCCCC1CCC(C(Oc2ccccc2)c2ccc(-c3ccc(OCC)c(F)c3F)cc2)CC1. The molecule has 0 radical (unpaired) electrons. The van der Waals surface area contributed by atoms with Crippen molar-refractivity contribution in [1.29, 1.82) is 0 Å². The van der Waals surface area contributed by atoms with Crippen molar-refractivity contribution in [2.24, 2.45) is 11.8 Å². The zero-order chi connectivity index (χ0) is 25.3. The Hall–Kier alpha value is -2.88. The highest BCUT2D eigenvalue weighted by Crippen LogP contribution is 2.41. The summed E-state index contributed by atoms with van der Waals surface area (Å²) < 4.78 is 41.0. The lowest BCUT2D eigenvalue weighted by molar-refractivity contribution is 0.0926. The van der Waals surface area contributed by atoms with Crippen molar-refractivity contribution in [2.45, 2.75) is 71.3 Å². The molecule has 36 heavy (non-hydrogen) atoms. The first-order chi connectivity index (χ1) is 17.6. The predicted octanol–water partition coefficient (Wildman–Crippen LogP) is 9.54. The summed E-state index contributed by atoms with van der Waals surface area (Å²) in [5, 5.41) is 0. The molecule has 0 heterocycles. The molecule has 0 aliphatic heterocycles. The molecular formula is C32H38F2O2. The smallest absolute Gasteiger partial charge is 0.201 e. The Bertz CT molecular complexity index is 1070. The van der Waals surface area contributed by atoms with Gasteiger partial charge in [0.05, 0.1) is 6.61 Å². The normalized spacial score (nSPS) is 18.6. The summed E-state index contributed by atoms with van der Waals surface area (Å²) in [6.45, 7) is 4.29. The molecule has 0 saturated heterocycles. The second-order valence-electron chi connectivity index (χ2n) is 9.92. The molecule has 0 aromatic heterocycles. The Kier molecular flexibility index (Phi) is 9.38. The first-order valence-electron chi connectivity index (χ1n) is 13.5. The van der Waals surface area contributed by atoms with Gasteiger partial charge in [-0.3, -0.25) is 0 Å². The van der Waals surface area contributed by atoms with E-state index in [0.717, 1.165) is 30.1 Å². The molecule has 1 fully saturated rings. The Balaban J connectivity index is 1.53. The highest BCUT2D eigenvalue weighted by atomic mass is 19.2. The quantitative estimate of drug-likeness (QED) is 0.248. The van der Waals surface area contributed by atoms with Gasteiger partial charge in [0.15, 0.2) is 11.6 Å². The van der Waals surface area contributed by atoms with Crippen LogP contribution in [-0.4, -0.2) is 6.61 Å². The van der Waals surface area contributed by atoms with Crippen LogP contribution in [0.4, 0.5) is 8.78 Å². The van der Waals surface area contributed by atoms with Gasteiger partial charge in [-0.1, -0.05) is 87.9 Å². The fraction of sp³-hybridized carbons (Fsp3) is 0.438. The third-order valence-electron chi connectivity index (χ3n) is 7.44. The molecule has 1 atom stereocenters. The molecule has 0 N–H and O–H groups in total. The van der Waals surface area contributed by atoms with Crippen LogP contribution in [0.5, 0.6) is 11.5 Å². The number of para-hydroxylation sites is 1. The predicted molar refractivity (Wildman–Crippen MR) is 142 cm³/mol. The fourth-order valence-corrected chi connectivity index (χ4v) is 5.42. The molecule has 3 aromatic carbocycles. The number of unbranched alkanes of at least 4 members (excludes halogenated alkanes) is 2. The van der Waals surface area contributed by atoms with Gasteiger partial charge in [0, 0.05) is 11.5 Å². The van der Waals surface area contributed by atoms with Crippen LogP contribution in [0, 0.1) is 23.5 Å². The lowest BCUT2D eigenvalue weighted by Crippen LogP contribution is -2.24. The van der Waals surface area contributed by atoms with Gasteiger partial charge in [0.25, 0.3) is 0 Å². The van der Waals surface area contributed by atoms with Gasteiger partial charge in [-0.15, -0.1) is 0 Å². The molecular weight excluding hydrogens is 454 g/mol. The number of hydrogen-bond donors (Lipinski definition) is 0. The largest absolute Gasteiger partial charge is 0.491 e. The van der Waals surface area contributed by atoms with E-state index in [9.17, 15) is 8.78 Å². The Morgan fingerprint density at radius 2 is 1.53 bits per heavy atom. The van der Waals surface area contributed by atoms with Crippen LogP contribution in [-0.2, 0) is 0 Å². The third kappa shape index (κ3) is 6.46. The third-order valence-corrected chi connectivity index (χ3v) is 7.44. The molecule has 4 heteroatoms. The number of hydrogen-bond acceptors (Lipinski definition) is 2. The van der Waals surface area contributed by atoms with Crippen LogP contribution in [0.15, 0.2) is 66.7 Å². The summed E-state index contributed by atoms with van der Waals surface area (Å²) >= 11 is 0. The molecule has 192 valence electrons. The van der Waals surface area contributed by atoms with Crippen molar-refractivity contribution < 1.29 is 18.3 Å². The average molecular weight is 493 g/mol. The number of halogens is 2. The molecule has 3 aromatic rings. The summed E-state index contributed by atoms with van der Waals surface area (Å²) in [6.07, 6.45) is 9.99. The number of benzene rings is 3. The van der Waals surface area contributed by atoms with E-state index in [2.05, 4.69) is 6.92 Å². The van der Waals surface area contributed by atoms with Crippen LogP contribution in [0.1, 0.15) is 76.9 Å². The molecule has 0 bridgehead atoms. The van der Waals surface area contributed by atoms with Crippen LogP contribution < -0.4 is 9.47 Å². The van der Waals surface area contributed by atoms with Gasteiger partial charge in [-0.25, -0.2) is 4.39 Å². The summed E-state index contributed by atoms with van der Waals surface area (Å²) in [7, 11) is 0. The molecule has 1 aliphatic carbocycles. The van der Waals surface area contributed by atoms with E-state index in [1.54, 1.807) is 13.0 Å². The van der Waals surface area contributed by atoms with E-state index in [4.69, 9.17) is 9.47 Å². The molecule has 2 nitrogen and oxygen atoms in total. The summed E-state index contributed by atoms with van der Waals surface area (Å²) in [4.78, 5) is 0. The number of ether oxygens (including phenoxy) is 2. The summed E-state index contributed by atoms with van der Waals surface area (Å²) in [5.41, 5.74) is 1.94. The minimum Gasteiger partial charge on any atom is -0.491 e. The van der Waals surface area contributed by atoms with Gasteiger partial charge in [-0.2, -0.15) is 4.39 Å². The maximum absolute atomic E-state index is 14.8. The molecule has 0 spiro atoms. The van der Waals surface area contributed by atoms with Crippen molar-refractivity contribution in [3.8, 4) is 22.6 Å². The second-order valence-corrected chi connectivity index (χ2v) is 9.92. The molecule has 1 aliphatic rings. The first-order valence-corrected chi connectivity index (χ1v) is 13.5. The number of rotatable bonds is 11. The fourth-order valence-electron chi connectivity index (χ4n) is 5.42. The molecule has 1 saturated carbocycles. The van der Waals surface area contributed by atoms with Gasteiger partial charge in [-0.05, 0) is 61.1 Å². The van der Waals surface area contributed by atoms with E-state index < -0.39 is 11.6 Å². The molecule has 4 rings (SSSR count). The second kappa shape index (κ2) is 12.9. The van der Waals surface area contributed by atoms with E-state index >= 15 is 0 Å². The van der Waals surface area contributed by atoms with Crippen molar-refractivity contribution in [1.82, 2.24) is 0 Å². The van der Waals surface area contributed by atoms with Crippen LogP contribution in [0.25, 0.3) is 11.1 Å². The van der Waals surface area contributed by atoms with Crippen molar-refractivity contribution in [3.05, 3.63) is 83.9 Å². The zero-order valence-electron chi connectivity index (χ0n) is 21.5. The van der Waals surface area contributed by atoms with Gasteiger partial charge < -0.3 is 9.47 Å². The topological polar surface area (TPSA) is 18.5 Å². The van der Waals surface area contributed by atoms with E-state index in [1.165, 1.54) is 44.6 Å². The lowest BCUT2D eigenvalue weighted by atomic mass is 9.76. The van der Waals surface area contributed by atoms with E-state index in [-0.39, 0.29) is 24.0 Å².